The van der Waals surface area contributed by atoms with Crippen molar-refractivity contribution in [1.29, 1.82) is 0 Å². The molecule has 0 N–H and O–H groups in total. The molecule has 0 saturated carbocycles. The van der Waals surface area contributed by atoms with Gasteiger partial charge in [0.15, 0.2) is 34.5 Å². The van der Waals surface area contributed by atoms with E-state index in [1.54, 1.807) is 28.4 Å². The molecule has 0 radical (unpaired) electrons. The van der Waals surface area contributed by atoms with Crippen molar-refractivity contribution < 1.29 is 28.4 Å². The van der Waals surface area contributed by atoms with Gasteiger partial charge < -0.3 is 28.4 Å². The van der Waals surface area contributed by atoms with E-state index in [0.29, 0.717) is 36.2 Å². The van der Waals surface area contributed by atoms with Gasteiger partial charge in [0.1, 0.15) is 0 Å². The minimum absolute atomic E-state index is 0.660. The number of hydrogen-bond acceptors (Lipinski definition) is 6. The van der Waals surface area contributed by atoms with Crippen LogP contribution in [0.25, 0.3) is 86.9 Å². The highest BCUT2D eigenvalue weighted by molar-refractivity contribution is 6.48. The van der Waals surface area contributed by atoms with Crippen molar-refractivity contribution in [3.63, 3.8) is 0 Å². The third-order valence-electron chi connectivity index (χ3n) is 12.4. The third-order valence-corrected chi connectivity index (χ3v) is 12.4. The predicted molar refractivity (Wildman–Crippen MR) is 250 cm³/mol. The van der Waals surface area contributed by atoms with E-state index in [1.165, 1.54) is 90.3 Å². The third kappa shape index (κ3) is 6.57. The zero-order valence-corrected chi connectivity index (χ0v) is 35.8. The first-order valence-electron chi connectivity index (χ1n) is 21.6. The maximum atomic E-state index is 6.70. The molecule has 9 aromatic rings. The Morgan fingerprint density at radius 3 is 1.45 bits per heavy atom. The monoisotopic (exact) mass is 798 g/mol. The van der Waals surface area contributed by atoms with Crippen molar-refractivity contribution in [3.05, 3.63) is 97.1 Å². The Labute approximate surface area is 352 Å². The summed E-state index contributed by atoms with van der Waals surface area (Å²) < 4.78 is 36.7. The number of ether oxygens (including phenoxy) is 6. The summed E-state index contributed by atoms with van der Waals surface area (Å²) in [4.78, 5) is 0. The molecule has 0 amide bonds. The Bertz CT molecular complexity index is 2960. The van der Waals surface area contributed by atoms with Crippen LogP contribution < -0.4 is 28.4 Å². The molecule has 0 unspecified atom stereocenters. The van der Waals surface area contributed by atoms with E-state index in [2.05, 4.69) is 98.8 Å². The van der Waals surface area contributed by atoms with E-state index in [9.17, 15) is 0 Å². The van der Waals surface area contributed by atoms with Crippen LogP contribution in [-0.2, 0) is 0 Å². The number of fused-ring (bicyclic) bond motifs is 7. The van der Waals surface area contributed by atoms with Crippen LogP contribution in [0.5, 0.6) is 34.5 Å². The van der Waals surface area contributed by atoms with Gasteiger partial charge in [-0.1, -0.05) is 107 Å². The molecule has 0 aliphatic heterocycles. The maximum Gasteiger partial charge on any atom is 0.161 e. The lowest BCUT2D eigenvalue weighted by atomic mass is 9.91. The molecule has 0 aliphatic carbocycles. The van der Waals surface area contributed by atoms with Gasteiger partial charge in [0.05, 0.1) is 41.7 Å². The number of benzene rings is 7. The molecule has 0 heterocycles. The quantitative estimate of drug-likeness (QED) is 0.0636. The summed E-state index contributed by atoms with van der Waals surface area (Å²) in [5.41, 5.74) is 4.33. The largest absolute Gasteiger partial charge is 0.493 e. The first-order chi connectivity index (χ1) is 29.5. The second kappa shape index (κ2) is 16.8. The summed E-state index contributed by atoms with van der Waals surface area (Å²) >= 11 is 0. The van der Waals surface area contributed by atoms with Crippen molar-refractivity contribution in [2.75, 3.05) is 41.7 Å². The minimum Gasteiger partial charge on any atom is -0.493 e. The van der Waals surface area contributed by atoms with Crippen molar-refractivity contribution in [3.8, 4) is 56.8 Å². The molecule has 0 bridgehead atoms. The molecule has 0 atom stereocenters. The van der Waals surface area contributed by atoms with Crippen molar-refractivity contribution in [2.24, 2.45) is 0 Å². The fraction of sp³-hybridized carbons (Fsp3) is 0.296. The number of unbranched alkanes of at least 4 members (excludes halogenated alkanes) is 6. The molecule has 0 saturated heterocycles. The van der Waals surface area contributed by atoms with Crippen LogP contribution in [0.15, 0.2) is 97.1 Å². The highest BCUT2D eigenvalue weighted by Gasteiger charge is 2.29. The zero-order valence-electron chi connectivity index (χ0n) is 35.8. The van der Waals surface area contributed by atoms with Gasteiger partial charge in [-0.2, -0.15) is 0 Å². The van der Waals surface area contributed by atoms with E-state index < -0.39 is 0 Å². The molecule has 0 fully saturated rings. The fourth-order valence-corrected chi connectivity index (χ4v) is 9.58. The highest BCUT2D eigenvalue weighted by Crippen LogP contribution is 2.57. The van der Waals surface area contributed by atoms with Crippen LogP contribution in [0.4, 0.5) is 0 Å². The van der Waals surface area contributed by atoms with Crippen molar-refractivity contribution in [2.45, 2.75) is 65.2 Å². The molecule has 60 heavy (non-hydrogen) atoms. The van der Waals surface area contributed by atoms with Crippen LogP contribution in [0.2, 0.25) is 0 Å². The van der Waals surface area contributed by atoms with Crippen LogP contribution in [-0.4, -0.2) is 41.7 Å². The molecule has 6 heteroatoms. The van der Waals surface area contributed by atoms with E-state index in [0.717, 1.165) is 59.4 Å². The normalized spacial score (nSPS) is 11.8. The Hall–Kier alpha value is -6.14. The van der Waals surface area contributed by atoms with Gasteiger partial charge in [0, 0.05) is 0 Å². The van der Waals surface area contributed by atoms with E-state index in [4.69, 9.17) is 28.4 Å². The van der Waals surface area contributed by atoms with E-state index in [-0.39, 0.29) is 0 Å². The number of methoxy groups -OCH3 is 4. The predicted octanol–water partition coefficient (Wildman–Crippen LogP) is 14.8. The average molecular weight is 799 g/mol. The second-order valence-electron chi connectivity index (χ2n) is 15.9. The van der Waals surface area contributed by atoms with Crippen LogP contribution in [0.1, 0.15) is 65.2 Å². The van der Waals surface area contributed by atoms with E-state index >= 15 is 0 Å². The summed E-state index contributed by atoms with van der Waals surface area (Å²) in [5, 5.41) is 14.5. The lowest BCUT2D eigenvalue weighted by Gasteiger charge is -2.14. The van der Waals surface area contributed by atoms with E-state index in [1.807, 2.05) is 12.1 Å². The lowest BCUT2D eigenvalue weighted by molar-refractivity contribution is 0.259. The van der Waals surface area contributed by atoms with Gasteiger partial charge in [-0.25, -0.2) is 0 Å². The lowest BCUT2D eigenvalue weighted by Crippen LogP contribution is -2.02. The van der Waals surface area contributed by atoms with Gasteiger partial charge in [-0.15, -0.1) is 0 Å². The standard InChI is InChI=1S/C54H54O6/c1-7-9-11-15-26-59-46-31-39-40(32-47(46)60-27-16-12-10-8-2)52-38-21-17-20-37-48(34-22-24-42(55-3)44(29-34)57-5)49(35-23-25-43(56-4)45(30-35)58-6)53(51(37)38)41-28-33-18-13-14-19-36(33)50(39)54(41)52/h13-14,17-25,28-32H,7-12,15-16,26-27H2,1-6H3. The Morgan fingerprint density at radius 1 is 0.350 bits per heavy atom. The first-order valence-corrected chi connectivity index (χ1v) is 21.6. The average Bonchev–Trinajstić information content (AvgIpc) is 3.82. The molecule has 9 rings (SSSR count). The van der Waals surface area contributed by atoms with Crippen LogP contribution >= 0.6 is 0 Å². The SMILES string of the molecule is CCCCCCOc1cc2c(cc1OCCCCCC)c1c3cccc4c(-c5ccc(OC)c(OC)c5)c(-c5ccc(OC)c(OC)c5)c(c5cc6ccccc6c2c51)c43. The molecule has 0 aromatic heterocycles. The Kier molecular flexibility index (Phi) is 11.0. The highest BCUT2D eigenvalue weighted by atomic mass is 16.5. The van der Waals surface area contributed by atoms with Crippen LogP contribution in [0.3, 0.4) is 0 Å². The summed E-state index contributed by atoms with van der Waals surface area (Å²) in [5.74, 6) is 4.37. The summed E-state index contributed by atoms with van der Waals surface area (Å²) in [7, 11) is 6.74. The second-order valence-corrected chi connectivity index (χ2v) is 15.9. The molecular weight excluding hydrogens is 745 g/mol. The van der Waals surface area contributed by atoms with Gasteiger partial charge in [0.25, 0.3) is 0 Å². The molecule has 0 aliphatic rings. The maximum absolute atomic E-state index is 6.70. The number of rotatable bonds is 18. The first kappa shape index (κ1) is 39.3. The van der Waals surface area contributed by atoms with Crippen molar-refractivity contribution in [1.82, 2.24) is 0 Å². The molecular formula is C54H54O6. The van der Waals surface area contributed by atoms with Gasteiger partial charge >= 0.3 is 0 Å². The smallest absolute Gasteiger partial charge is 0.161 e. The molecule has 306 valence electrons. The summed E-state index contributed by atoms with van der Waals surface area (Å²) in [6.07, 6.45) is 9.14. The van der Waals surface area contributed by atoms with Crippen LogP contribution in [0, 0.1) is 0 Å². The molecule has 6 nitrogen and oxygen atoms in total. The summed E-state index contributed by atoms with van der Waals surface area (Å²) in [6, 6.07) is 35.1. The Balaban J connectivity index is 1.42. The van der Waals surface area contributed by atoms with Crippen molar-refractivity contribution >= 4 is 64.6 Å². The zero-order chi connectivity index (χ0) is 41.3. The molecule has 9 aromatic carbocycles. The Morgan fingerprint density at radius 2 is 0.867 bits per heavy atom. The fourth-order valence-electron chi connectivity index (χ4n) is 9.58. The number of hydrogen-bond donors (Lipinski definition) is 0. The van der Waals surface area contributed by atoms with Gasteiger partial charge in [0.2, 0.25) is 0 Å². The molecule has 0 spiro atoms. The van der Waals surface area contributed by atoms with Gasteiger partial charge in [-0.05, 0) is 142 Å². The summed E-state index contributed by atoms with van der Waals surface area (Å²) in [6.45, 7) is 5.81. The minimum atomic E-state index is 0.660. The van der Waals surface area contributed by atoms with Gasteiger partial charge in [-0.3, -0.25) is 0 Å². The topological polar surface area (TPSA) is 55.4 Å².